The maximum Gasteiger partial charge on any atom is 0.247 e. The Balaban J connectivity index is 1.69. The molecule has 1 N–H and O–H groups in total. The molecule has 0 bridgehead atoms. The van der Waals surface area contributed by atoms with Gasteiger partial charge >= 0.3 is 0 Å². The van der Waals surface area contributed by atoms with Gasteiger partial charge in [0.1, 0.15) is 6.04 Å². The van der Waals surface area contributed by atoms with Gasteiger partial charge in [-0.2, -0.15) is 0 Å². The topological polar surface area (TPSA) is 69.7 Å². The van der Waals surface area contributed by atoms with Gasteiger partial charge in [0.15, 0.2) is 0 Å². The summed E-state index contributed by atoms with van der Waals surface area (Å²) in [5.74, 6) is 0.458. The number of anilines is 1. The molecule has 2 aliphatic heterocycles. The molecular formula is C22H31N3O3. The highest BCUT2D eigenvalue weighted by molar-refractivity contribution is 5.97. The minimum atomic E-state index is -0.434. The van der Waals surface area contributed by atoms with E-state index < -0.39 is 6.04 Å². The second kappa shape index (κ2) is 9.22. The third kappa shape index (κ3) is 5.12. The standard InChI is InChI=1S/C22H31N3O3/c1-16(2)13-19(25-12-4-3-9-21(25)27)22(28)23-18-8-5-7-17(14-18)15-24-11-6-10-20(24)26/h5,7-8,14,16,19H,3-4,6,9-13,15H2,1-2H3,(H,23,28)/t19-/m0/s1. The minimum Gasteiger partial charge on any atom is -0.338 e. The molecule has 2 aliphatic rings. The highest BCUT2D eigenvalue weighted by atomic mass is 16.2. The predicted molar refractivity (Wildman–Crippen MR) is 109 cm³/mol. The molecule has 1 aromatic rings. The Morgan fingerprint density at radius 1 is 1.07 bits per heavy atom. The van der Waals surface area contributed by atoms with E-state index >= 15 is 0 Å². The summed E-state index contributed by atoms with van der Waals surface area (Å²) in [6.07, 6.45) is 4.57. The number of likely N-dealkylation sites (tertiary alicyclic amines) is 2. The van der Waals surface area contributed by atoms with E-state index in [0.717, 1.165) is 31.4 Å². The molecule has 0 aliphatic carbocycles. The Labute approximate surface area is 167 Å². The van der Waals surface area contributed by atoms with Crippen LogP contribution in [0.4, 0.5) is 5.69 Å². The predicted octanol–water partition coefficient (Wildman–Crippen LogP) is 3.17. The summed E-state index contributed by atoms with van der Waals surface area (Å²) in [5, 5.41) is 3.01. The summed E-state index contributed by atoms with van der Waals surface area (Å²) in [6, 6.07) is 7.22. The number of carbonyl (C=O) groups is 3. The molecule has 0 aromatic heterocycles. The van der Waals surface area contributed by atoms with Gasteiger partial charge in [0.2, 0.25) is 17.7 Å². The van der Waals surface area contributed by atoms with Crippen LogP contribution in [0, 0.1) is 5.92 Å². The van der Waals surface area contributed by atoms with Gasteiger partial charge in [-0.25, -0.2) is 0 Å². The number of nitrogens with one attached hydrogen (secondary N) is 1. The zero-order chi connectivity index (χ0) is 20.1. The first-order valence-electron chi connectivity index (χ1n) is 10.4. The van der Waals surface area contributed by atoms with Crippen LogP contribution < -0.4 is 5.32 Å². The Kier molecular flexibility index (Phi) is 6.70. The van der Waals surface area contributed by atoms with E-state index in [1.54, 1.807) is 4.90 Å². The normalized spacial score (nSPS) is 18.7. The van der Waals surface area contributed by atoms with E-state index in [-0.39, 0.29) is 17.7 Å². The SMILES string of the molecule is CC(C)C[C@@H](C(=O)Nc1cccc(CN2CCCC2=O)c1)N1CCCCC1=O. The number of nitrogens with zero attached hydrogens (tertiary/aromatic N) is 2. The average molecular weight is 386 g/mol. The maximum atomic E-state index is 13.0. The van der Waals surface area contributed by atoms with Gasteiger partial charge in [0.05, 0.1) is 0 Å². The van der Waals surface area contributed by atoms with E-state index in [1.807, 2.05) is 29.2 Å². The van der Waals surface area contributed by atoms with Crippen LogP contribution in [0.5, 0.6) is 0 Å². The first-order chi connectivity index (χ1) is 13.4. The van der Waals surface area contributed by atoms with Gasteiger partial charge in [0.25, 0.3) is 0 Å². The van der Waals surface area contributed by atoms with E-state index in [0.29, 0.717) is 44.0 Å². The van der Waals surface area contributed by atoms with Crippen LogP contribution in [0.2, 0.25) is 0 Å². The smallest absolute Gasteiger partial charge is 0.247 e. The van der Waals surface area contributed by atoms with Crippen molar-refractivity contribution in [1.29, 1.82) is 0 Å². The van der Waals surface area contributed by atoms with Gasteiger partial charge in [-0.3, -0.25) is 14.4 Å². The molecule has 1 aromatic carbocycles. The lowest BCUT2D eigenvalue weighted by atomic mass is 9.98. The molecule has 0 spiro atoms. The van der Waals surface area contributed by atoms with Gasteiger partial charge in [0, 0.05) is 38.2 Å². The third-order valence-electron chi connectivity index (χ3n) is 5.47. The molecule has 2 fully saturated rings. The van der Waals surface area contributed by atoms with Crippen LogP contribution >= 0.6 is 0 Å². The molecule has 0 unspecified atom stereocenters. The van der Waals surface area contributed by atoms with E-state index in [9.17, 15) is 14.4 Å². The molecule has 2 heterocycles. The third-order valence-corrected chi connectivity index (χ3v) is 5.47. The van der Waals surface area contributed by atoms with Gasteiger partial charge in [-0.05, 0) is 49.3 Å². The fourth-order valence-electron chi connectivity index (χ4n) is 4.04. The fraction of sp³-hybridized carbons (Fsp3) is 0.591. The molecule has 3 rings (SSSR count). The Hall–Kier alpha value is -2.37. The lowest BCUT2D eigenvalue weighted by molar-refractivity contribution is -0.141. The highest BCUT2D eigenvalue weighted by Gasteiger charge is 2.32. The first-order valence-corrected chi connectivity index (χ1v) is 10.4. The van der Waals surface area contributed by atoms with Crippen molar-refractivity contribution in [1.82, 2.24) is 9.80 Å². The van der Waals surface area contributed by atoms with Crippen molar-refractivity contribution in [2.75, 3.05) is 18.4 Å². The summed E-state index contributed by atoms with van der Waals surface area (Å²) in [7, 11) is 0. The monoisotopic (exact) mass is 385 g/mol. The molecule has 0 radical (unpaired) electrons. The lowest BCUT2D eigenvalue weighted by Gasteiger charge is -2.34. The molecule has 2 saturated heterocycles. The Morgan fingerprint density at radius 2 is 1.86 bits per heavy atom. The van der Waals surface area contributed by atoms with Crippen LogP contribution in [0.25, 0.3) is 0 Å². The molecule has 6 nitrogen and oxygen atoms in total. The number of piperidine rings is 1. The fourth-order valence-corrected chi connectivity index (χ4v) is 4.04. The number of amides is 3. The minimum absolute atomic E-state index is 0.0772. The van der Waals surface area contributed by atoms with Crippen molar-refractivity contribution < 1.29 is 14.4 Å². The van der Waals surface area contributed by atoms with E-state index in [4.69, 9.17) is 0 Å². The highest BCUT2D eigenvalue weighted by Crippen LogP contribution is 2.22. The van der Waals surface area contributed by atoms with Crippen LogP contribution in [0.15, 0.2) is 24.3 Å². The van der Waals surface area contributed by atoms with Crippen molar-refractivity contribution in [2.24, 2.45) is 5.92 Å². The van der Waals surface area contributed by atoms with Crippen molar-refractivity contribution in [3.8, 4) is 0 Å². The van der Waals surface area contributed by atoms with Gasteiger partial charge in [-0.1, -0.05) is 26.0 Å². The second-order valence-electron chi connectivity index (χ2n) is 8.30. The number of carbonyl (C=O) groups excluding carboxylic acids is 3. The molecular weight excluding hydrogens is 354 g/mol. The molecule has 3 amide bonds. The van der Waals surface area contributed by atoms with Crippen molar-refractivity contribution in [2.45, 2.75) is 65.0 Å². The number of benzene rings is 1. The molecule has 0 saturated carbocycles. The number of hydrogen-bond acceptors (Lipinski definition) is 3. The van der Waals surface area contributed by atoms with Crippen LogP contribution in [0.3, 0.4) is 0 Å². The average Bonchev–Trinajstić information content (AvgIpc) is 3.05. The summed E-state index contributed by atoms with van der Waals surface area (Å²) in [5.41, 5.74) is 1.72. The van der Waals surface area contributed by atoms with Gasteiger partial charge in [-0.15, -0.1) is 0 Å². The number of hydrogen-bond donors (Lipinski definition) is 1. The molecule has 28 heavy (non-hydrogen) atoms. The summed E-state index contributed by atoms with van der Waals surface area (Å²) >= 11 is 0. The molecule has 1 atom stereocenters. The second-order valence-corrected chi connectivity index (χ2v) is 8.30. The molecule has 6 heteroatoms. The van der Waals surface area contributed by atoms with E-state index in [1.165, 1.54) is 0 Å². The maximum absolute atomic E-state index is 13.0. The zero-order valence-corrected chi connectivity index (χ0v) is 16.9. The van der Waals surface area contributed by atoms with Gasteiger partial charge < -0.3 is 15.1 Å². The summed E-state index contributed by atoms with van der Waals surface area (Å²) in [6.45, 7) is 6.16. The van der Waals surface area contributed by atoms with Crippen molar-refractivity contribution in [3.63, 3.8) is 0 Å². The number of rotatable bonds is 7. The first kappa shape index (κ1) is 20.4. The van der Waals surface area contributed by atoms with Crippen LogP contribution in [-0.2, 0) is 20.9 Å². The quantitative estimate of drug-likeness (QED) is 0.784. The lowest BCUT2D eigenvalue weighted by Crippen LogP contribution is -2.49. The van der Waals surface area contributed by atoms with Crippen LogP contribution in [-0.4, -0.2) is 46.7 Å². The van der Waals surface area contributed by atoms with E-state index in [2.05, 4.69) is 19.2 Å². The summed E-state index contributed by atoms with van der Waals surface area (Å²) in [4.78, 5) is 40.9. The zero-order valence-electron chi connectivity index (χ0n) is 16.9. The Bertz CT molecular complexity index is 731. The summed E-state index contributed by atoms with van der Waals surface area (Å²) < 4.78 is 0. The van der Waals surface area contributed by atoms with Crippen molar-refractivity contribution >= 4 is 23.4 Å². The van der Waals surface area contributed by atoms with Crippen molar-refractivity contribution in [3.05, 3.63) is 29.8 Å². The van der Waals surface area contributed by atoms with Crippen LogP contribution in [0.1, 0.15) is 57.9 Å². The molecule has 152 valence electrons. The Morgan fingerprint density at radius 3 is 2.54 bits per heavy atom. The largest absolute Gasteiger partial charge is 0.338 e.